The van der Waals surface area contributed by atoms with Gasteiger partial charge in [0.15, 0.2) is 11.4 Å². The summed E-state index contributed by atoms with van der Waals surface area (Å²) in [5, 5.41) is 9.93. The Balaban J connectivity index is 1.80. The van der Waals surface area contributed by atoms with Gasteiger partial charge in [0, 0.05) is 17.8 Å². The standard InChI is InChI=1S/C21H22N4O3/c1-3-12-22-20(26)15-8-7-9-16(13-15)23-21(27)19-18(28-2)14-25(24-19)17-10-5-4-6-11-17/h4-11,13-14H,3,12H2,1-2H3,(H,22,26)(H,23,27). The zero-order chi connectivity index (χ0) is 19.9. The largest absolute Gasteiger partial charge is 0.493 e. The molecule has 2 amide bonds. The van der Waals surface area contributed by atoms with Gasteiger partial charge in [0.25, 0.3) is 11.8 Å². The molecule has 0 radical (unpaired) electrons. The highest BCUT2D eigenvalue weighted by molar-refractivity contribution is 6.05. The second kappa shape index (κ2) is 8.85. The van der Waals surface area contributed by atoms with Crippen LogP contribution in [0.1, 0.15) is 34.2 Å². The minimum Gasteiger partial charge on any atom is -0.493 e. The predicted octanol–water partition coefficient (Wildman–Crippen LogP) is 3.27. The van der Waals surface area contributed by atoms with Gasteiger partial charge >= 0.3 is 0 Å². The molecule has 28 heavy (non-hydrogen) atoms. The van der Waals surface area contributed by atoms with Crippen LogP contribution in [0.4, 0.5) is 5.69 Å². The first-order chi connectivity index (χ1) is 13.6. The smallest absolute Gasteiger partial charge is 0.280 e. The van der Waals surface area contributed by atoms with Gasteiger partial charge in [0.2, 0.25) is 0 Å². The van der Waals surface area contributed by atoms with Gasteiger partial charge in [-0.3, -0.25) is 9.59 Å². The number of anilines is 1. The molecule has 0 spiro atoms. The molecule has 0 bridgehead atoms. The maximum Gasteiger partial charge on any atom is 0.280 e. The SMILES string of the molecule is CCCNC(=O)c1cccc(NC(=O)c2nn(-c3ccccc3)cc2OC)c1. The topological polar surface area (TPSA) is 85.3 Å². The summed E-state index contributed by atoms with van der Waals surface area (Å²) < 4.78 is 6.89. The Kier molecular flexibility index (Phi) is 6.06. The first-order valence-electron chi connectivity index (χ1n) is 9.01. The average Bonchev–Trinajstić information content (AvgIpc) is 3.17. The number of aromatic nitrogens is 2. The Morgan fingerprint density at radius 2 is 1.86 bits per heavy atom. The lowest BCUT2D eigenvalue weighted by Gasteiger charge is -2.07. The van der Waals surface area contributed by atoms with E-state index in [9.17, 15) is 9.59 Å². The number of nitrogens with one attached hydrogen (secondary N) is 2. The van der Waals surface area contributed by atoms with Crippen LogP contribution in [-0.4, -0.2) is 35.2 Å². The first-order valence-corrected chi connectivity index (χ1v) is 9.01. The Bertz CT molecular complexity index is 967. The van der Waals surface area contributed by atoms with E-state index >= 15 is 0 Å². The number of benzene rings is 2. The Morgan fingerprint density at radius 3 is 2.57 bits per heavy atom. The summed E-state index contributed by atoms with van der Waals surface area (Å²) in [7, 11) is 1.49. The Morgan fingerprint density at radius 1 is 1.07 bits per heavy atom. The van der Waals surface area contributed by atoms with Gasteiger partial charge in [-0.25, -0.2) is 4.68 Å². The summed E-state index contributed by atoms with van der Waals surface area (Å²) in [6.45, 7) is 2.59. The number of methoxy groups -OCH3 is 1. The number of ether oxygens (including phenoxy) is 1. The van der Waals surface area contributed by atoms with Crippen LogP contribution >= 0.6 is 0 Å². The monoisotopic (exact) mass is 378 g/mol. The highest BCUT2D eigenvalue weighted by atomic mass is 16.5. The van der Waals surface area contributed by atoms with E-state index in [1.165, 1.54) is 7.11 Å². The average molecular weight is 378 g/mol. The molecule has 0 saturated heterocycles. The molecular formula is C21H22N4O3. The van der Waals surface area contributed by atoms with Crippen molar-refractivity contribution in [1.29, 1.82) is 0 Å². The number of hydrogen-bond acceptors (Lipinski definition) is 4. The molecule has 0 fully saturated rings. The third kappa shape index (κ3) is 4.37. The predicted molar refractivity (Wildman–Crippen MR) is 107 cm³/mol. The van der Waals surface area contributed by atoms with E-state index in [0.717, 1.165) is 12.1 Å². The highest BCUT2D eigenvalue weighted by Crippen LogP contribution is 2.21. The molecule has 0 aliphatic heterocycles. The van der Waals surface area contributed by atoms with Crippen LogP contribution < -0.4 is 15.4 Å². The number of carbonyl (C=O) groups is 2. The molecule has 2 aromatic carbocycles. The second-order valence-electron chi connectivity index (χ2n) is 6.12. The van der Waals surface area contributed by atoms with Crippen molar-refractivity contribution in [1.82, 2.24) is 15.1 Å². The van der Waals surface area contributed by atoms with Gasteiger partial charge in [-0.2, -0.15) is 5.10 Å². The van der Waals surface area contributed by atoms with Crippen molar-refractivity contribution in [2.24, 2.45) is 0 Å². The van der Waals surface area contributed by atoms with Crippen LogP contribution in [0.25, 0.3) is 5.69 Å². The molecule has 1 aromatic heterocycles. The van der Waals surface area contributed by atoms with Crippen LogP contribution in [0.5, 0.6) is 5.75 Å². The van der Waals surface area contributed by atoms with E-state index < -0.39 is 5.91 Å². The number of hydrogen-bond donors (Lipinski definition) is 2. The maximum atomic E-state index is 12.7. The van der Waals surface area contributed by atoms with Gasteiger partial charge < -0.3 is 15.4 Å². The summed E-state index contributed by atoms with van der Waals surface area (Å²) >= 11 is 0. The van der Waals surface area contributed by atoms with Crippen molar-refractivity contribution < 1.29 is 14.3 Å². The molecular weight excluding hydrogens is 356 g/mol. The number of carbonyl (C=O) groups excluding carboxylic acids is 2. The van der Waals surface area contributed by atoms with Crippen LogP contribution in [0, 0.1) is 0 Å². The molecule has 0 saturated carbocycles. The maximum absolute atomic E-state index is 12.7. The van der Waals surface area contributed by atoms with E-state index in [2.05, 4.69) is 15.7 Å². The lowest BCUT2D eigenvalue weighted by molar-refractivity contribution is 0.0952. The van der Waals surface area contributed by atoms with Gasteiger partial charge in [-0.15, -0.1) is 0 Å². The Hall–Kier alpha value is -3.61. The molecule has 0 aliphatic rings. The fraction of sp³-hybridized carbons (Fsp3) is 0.190. The van der Waals surface area contributed by atoms with E-state index in [1.54, 1.807) is 35.1 Å². The summed E-state index contributed by atoms with van der Waals surface area (Å²) in [6, 6.07) is 16.2. The number of rotatable bonds is 7. The van der Waals surface area contributed by atoms with Crippen molar-refractivity contribution in [3.05, 3.63) is 72.1 Å². The van der Waals surface area contributed by atoms with Crippen molar-refractivity contribution in [2.75, 3.05) is 19.0 Å². The fourth-order valence-corrected chi connectivity index (χ4v) is 2.65. The molecule has 144 valence electrons. The highest BCUT2D eigenvalue weighted by Gasteiger charge is 2.19. The molecule has 3 aromatic rings. The molecule has 2 N–H and O–H groups in total. The first kappa shape index (κ1) is 19.2. The van der Waals surface area contributed by atoms with Gasteiger partial charge in [0.1, 0.15) is 0 Å². The van der Waals surface area contributed by atoms with Crippen LogP contribution in [0.15, 0.2) is 60.8 Å². The third-order valence-electron chi connectivity index (χ3n) is 4.05. The quantitative estimate of drug-likeness (QED) is 0.661. The minimum atomic E-state index is -0.419. The lowest BCUT2D eigenvalue weighted by Crippen LogP contribution is -2.24. The third-order valence-corrected chi connectivity index (χ3v) is 4.05. The van der Waals surface area contributed by atoms with Crippen LogP contribution in [0.3, 0.4) is 0 Å². The van der Waals surface area contributed by atoms with Crippen molar-refractivity contribution in [3.8, 4) is 11.4 Å². The number of nitrogens with zero attached hydrogens (tertiary/aromatic N) is 2. The van der Waals surface area contributed by atoms with E-state index in [1.807, 2.05) is 37.3 Å². The fourth-order valence-electron chi connectivity index (χ4n) is 2.65. The van der Waals surface area contributed by atoms with Gasteiger partial charge in [-0.1, -0.05) is 31.2 Å². The molecule has 1 heterocycles. The summed E-state index contributed by atoms with van der Waals surface area (Å²) in [5.74, 6) is -0.236. The minimum absolute atomic E-state index is 0.159. The zero-order valence-electron chi connectivity index (χ0n) is 15.8. The molecule has 3 rings (SSSR count). The van der Waals surface area contributed by atoms with Crippen molar-refractivity contribution in [2.45, 2.75) is 13.3 Å². The van der Waals surface area contributed by atoms with E-state index in [-0.39, 0.29) is 11.6 Å². The van der Waals surface area contributed by atoms with Crippen molar-refractivity contribution in [3.63, 3.8) is 0 Å². The zero-order valence-corrected chi connectivity index (χ0v) is 15.8. The van der Waals surface area contributed by atoms with Gasteiger partial charge in [-0.05, 0) is 36.8 Å². The van der Waals surface area contributed by atoms with E-state index in [4.69, 9.17) is 4.74 Å². The molecule has 0 unspecified atom stereocenters. The van der Waals surface area contributed by atoms with Gasteiger partial charge in [0.05, 0.1) is 19.0 Å². The normalized spacial score (nSPS) is 10.4. The molecule has 7 nitrogen and oxygen atoms in total. The summed E-state index contributed by atoms with van der Waals surface area (Å²) in [4.78, 5) is 24.8. The molecule has 0 aliphatic carbocycles. The Labute approximate surface area is 163 Å². The number of para-hydroxylation sites is 1. The van der Waals surface area contributed by atoms with Crippen LogP contribution in [-0.2, 0) is 0 Å². The molecule has 7 heteroatoms. The van der Waals surface area contributed by atoms with E-state index in [0.29, 0.717) is 23.5 Å². The van der Waals surface area contributed by atoms with Crippen LogP contribution in [0.2, 0.25) is 0 Å². The lowest BCUT2D eigenvalue weighted by atomic mass is 10.2. The summed E-state index contributed by atoms with van der Waals surface area (Å²) in [6.07, 6.45) is 2.50. The number of amides is 2. The molecule has 0 atom stereocenters. The second-order valence-corrected chi connectivity index (χ2v) is 6.12. The summed E-state index contributed by atoms with van der Waals surface area (Å²) in [5.41, 5.74) is 1.96. The van der Waals surface area contributed by atoms with Crippen molar-refractivity contribution >= 4 is 17.5 Å².